The van der Waals surface area contributed by atoms with Crippen LogP contribution in [0.5, 0.6) is 0 Å². The summed E-state index contributed by atoms with van der Waals surface area (Å²) in [6.07, 6.45) is 2.12. The van der Waals surface area contributed by atoms with E-state index in [1.54, 1.807) is 0 Å². The number of rotatable bonds is 8. The third-order valence-electron chi connectivity index (χ3n) is 3.58. The maximum Gasteiger partial charge on any atom is 0.0449 e. The van der Waals surface area contributed by atoms with Gasteiger partial charge in [-0.25, -0.2) is 0 Å². The maximum absolute atomic E-state index is 6.28. The van der Waals surface area contributed by atoms with Gasteiger partial charge in [-0.1, -0.05) is 47.4 Å². The molecule has 0 aliphatic rings. The summed E-state index contributed by atoms with van der Waals surface area (Å²) in [5.74, 6) is 0. The maximum atomic E-state index is 6.28. The van der Waals surface area contributed by atoms with Gasteiger partial charge in [0, 0.05) is 15.5 Å². The summed E-state index contributed by atoms with van der Waals surface area (Å²) in [6.45, 7) is 7.79. The highest BCUT2D eigenvalue weighted by Crippen LogP contribution is 2.22. The Balaban J connectivity index is 2.56. The molecule has 0 heterocycles. The lowest BCUT2D eigenvalue weighted by atomic mass is 10.0. The standard InChI is InChI=1S/C15H24BrClN2/c1-4-19(5-2)9-8-14(18-3)10-12-6-7-13(16)11-15(12)17/h6-7,11,14,18H,4-5,8-10H2,1-3H3. The lowest BCUT2D eigenvalue weighted by Crippen LogP contribution is -2.33. The number of hydrogen-bond donors (Lipinski definition) is 1. The molecular formula is C15H24BrClN2. The molecule has 19 heavy (non-hydrogen) atoms. The van der Waals surface area contributed by atoms with Crippen molar-refractivity contribution in [2.24, 2.45) is 0 Å². The lowest BCUT2D eigenvalue weighted by Gasteiger charge is -2.23. The number of benzene rings is 1. The first-order valence-corrected chi connectivity index (χ1v) is 8.11. The lowest BCUT2D eigenvalue weighted by molar-refractivity contribution is 0.283. The Bertz CT molecular complexity index is 380. The van der Waals surface area contributed by atoms with Crippen LogP contribution in [0.4, 0.5) is 0 Å². The van der Waals surface area contributed by atoms with Crippen molar-refractivity contribution in [2.45, 2.75) is 32.7 Å². The van der Waals surface area contributed by atoms with Crippen molar-refractivity contribution in [2.75, 3.05) is 26.7 Å². The van der Waals surface area contributed by atoms with Crippen LogP contribution < -0.4 is 5.32 Å². The highest BCUT2D eigenvalue weighted by Gasteiger charge is 2.11. The van der Waals surface area contributed by atoms with Crippen LogP contribution in [0.3, 0.4) is 0 Å². The van der Waals surface area contributed by atoms with Crippen LogP contribution in [0, 0.1) is 0 Å². The number of nitrogens with one attached hydrogen (secondary N) is 1. The fourth-order valence-corrected chi connectivity index (χ4v) is 2.93. The molecule has 1 rings (SSSR count). The zero-order valence-corrected chi connectivity index (χ0v) is 14.4. The van der Waals surface area contributed by atoms with E-state index in [2.05, 4.69) is 52.1 Å². The average molecular weight is 348 g/mol. The smallest absolute Gasteiger partial charge is 0.0449 e. The summed E-state index contributed by atoms with van der Waals surface area (Å²) >= 11 is 9.72. The summed E-state index contributed by atoms with van der Waals surface area (Å²) in [6, 6.07) is 6.60. The third kappa shape index (κ3) is 5.82. The molecule has 0 radical (unpaired) electrons. The fraction of sp³-hybridized carbons (Fsp3) is 0.600. The van der Waals surface area contributed by atoms with Gasteiger partial charge in [-0.2, -0.15) is 0 Å². The molecule has 0 aliphatic heterocycles. The van der Waals surface area contributed by atoms with E-state index < -0.39 is 0 Å². The zero-order chi connectivity index (χ0) is 14.3. The van der Waals surface area contributed by atoms with Crippen molar-refractivity contribution in [3.63, 3.8) is 0 Å². The summed E-state index contributed by atoms with van der Waals surface area (Å²) in [7, 11) is 2.03. The van der Waals surface area contributed by atoms with Crippen LogP contribution in [0.2, 0.25) is 5.02 Å². The van der Waals surface area contributed by atoms with Gasteiger partial charge in [-0.15, -0.1) is 0 Å². The first-order valence-electron chi connectivity index (χ1n) is 6.94. The Hall–Kier alpha value is -0.0900. The van der Waals surface area contributed by atoms with E-state index in [-0.39, 0.29) is 0 Å². The molecule has 1 unspecified atom stereocenters. The first-order chi connectivity index (χ1) is 9.10. The fourth-order valence-electron chi connectivity index (χ4n) is 2.18. The van der Waals surface area contributed by atoms with E-state index in [1.807, 2.05) is 13.1 Å². The predicted octanol–water partition coefficient (Wildman–Crippen LogP) is 3.96. The van der Waals surface area contributed by atoms with Crippen molar-refractivity contribution in [3.8, 4) is 0 Å². The predicted molar refractivity (Wildman–Crippen MR) is 88.1 cm³/mol. The van der Waals surface area contributed by atoms with E-state index in [0.29, 0.717) is 6.04 Å². The third-order valence-corrected chi connectivity index (χ3v) is 4.42. The molecule has 1 aromatic carbocycles. The minimum Gasteiger partial charge on any atom is -0.317 e. The molecule has 108 valence electrons. The van der Waals surface area contributed by atoms with Gasteiger partial charge < -0.3 is 10.2 Å². The second kappa shape index (κ2) is 8.96. The Morgan fingerprint density at radius 3 is 2.53 bits per heavy atom. The van der Waals surface area contributed by atoms with Crippen molar-refractivity contribution in [3.05, 3.63) is 33.3 Å². The molecule has 1 atom stereocenters. The molecule has 0 bridgehead atoms. The Labute approximate surface area is 130 Å². The Morgan fingerprint density at radius 1 is 1.32 bits per heavy atom. The summed E-state index contributed by atoms with van der Waals surface area (Å²) in [4.78, 5) is 2.45. The molecule has 2 nitrogen and oxygen atoms in total. The molecule has 0 aromatic heterocycles. The van der Waals surface area contributed by atoms with E-state index in [9.17, 15) is 0 Å². The van der Waals surface area contributed by atoms with Gasteiger partial charge in [0.25, 0.3) is 0 Å². The molecule has 0 aliphatic carbocycles. The molecule has 0 saturated heterocycles. The summed E-state index contributed by atoms with van der Waals surface area (Å²) in [5, 5.41) is 4.24. The van der Waals surface area contributed by atoms with Crippen LogP contribution in [-0.2, 0) is 6.42 Å². The first kappa shape index (κ1) is 17.0. The molecule has 0 amide bonds. The van der Waals surface area contributed by atoms with Crippen LogP contribution in [0.15, 0.2) is 22.7 Å². The number of nitrogens with zero attached hydrogens (tertiary/aromatic N) is 1. The topological polar surface area (TPSA) is 15.3 Å². The van der Waals surface area contributed by atoms with Crippen molar-refractivity contribution in [1.29, 1.82) is 0 Å². The van der Waals surface area contributed by atoms with E-state index in [0.717, 1.165) is 42.0 Å². The monoisotopic (exact) mass is 346 g/mol. The highest BCUT2D eigenvalue weighted by molar-refractivity contribution is 9.10. The van der Waals surface area contributed by atoms with Crippen molar-refractivity contribution in [1.82, 2.24) is 10.2 Å². The van der Waals surface area contributed by atoms with Gasteiger partial charge in [-0.05, 0) is 57.2 Å². The highest BCUT2D eigenvalue weighted by atomic mass is 79.9. The van der Waals surface area contributed by atoms with Crippen molar-refractivity contribution < 1.29 is 0 Å². The van der Waals surface area contributed by atoms with Gasteiger partial charge >= 0.3 is 0 Å². The van der Waals surface area contributed by atoms with E-state index in [1.165, 1.54) is 5.56 Å². The van der Waals surface area contributed by atoms with Gasteiger partial charge in [-0.3, -0.25) is 0 Å². The van der Waals surface area contributed by atoms with Gasteiger partial charge in [0.15, 0.2) is 0 Å². The molecule has 1 aromatic rings. The molecule has 0 spiro atoms. The van der Waals surface area contributed by atoms with Crippen LogP contribution >= 0.6 is 27.5 Å². The van der Waals surface area contributed by atoms with Crippen molar-refractivity contribution >= 4 is 27.5 Å². The minimum absolute atomic E-state index is 0.472. The Morgan fingerprint density at radius 2 is 2.00 bits per heavy atom. The van der Waals surface area contributed by atoms with E-state index in [4.69, 9.17) is 11.6 Å². The normalized spacial score (nSPS) is 12.9. The molecule has 0 fully saturated rings. The largest absolute Gasteiger partial charge is 0.317 e. The quantitative estimate of drug-likeness (QED) is 0.765. The zero-order valence-electron chi connectivity index (χ0n) is 12.0. The van der Waals surface area contributed by atoms with Crippen LogP contribution in [-0.4, -0.2) is 37.6 Å². The Kier molecular flexibility index (Phi) is 8.00. The van der Waals surface area contributed by atoms with Gasteiger partial charge in [0.2, 0.25) is 0 Å². The van der Waals surface area contributed by atoms with Crippen LogP contribution in [0.1, 0.15) is 25.8 Å². The SMILES string of the molecule is CCN(CC)CCC(Cc1ccc(Br)cc1Cl)NC. The van der Waals surface area contributed by atoms with Crippen LogP contribution in [0.25, 0.3) is 0 Å². The molecule has 1 N–H and O–H groups in total. The molecular weight excluding hydrogens is 324 g/mol. The summed E-state index contributed by atoms with van der Waals surface area (Å²) in [5.41, 5.74) is 1.21. The number of halogens is 2. The number of likely N-dealkylation sites (N-methyl/N-ethyl adjacent to an activating group) is 1. The summed E-state index contributed by atoms with van der Waals surface area (Å²) < 4.78 is 1.03. The second-order valence-corrected chi connectivity index (χ2v) is 6.06. The van der Waals surface area contributed by atoms with Gasteiger partial charge in [0.05, 0.1) is 0 Å². The molecule has 0 saturated carbocycles. The molecule has 4 heteroatoms. The van der Waals surface area contributed by atoms with E-state index >= 15 is 0 Å². The minimum atomic E-state index is 0.472. The average Bonchev–Trinajstić information content (AvgIpc) is 2.41. The second-order valence-electron chi connectivity index (χ2n) is 4.74. The van der Waals surface area contributed by atoms with Gasteiger partial charge in [0.1, 0.15) is 0 Å². The number of hydrogen-bond acceptors (Lipinski definition) is 2.